The lowest BCUT2D eigenvalue weighted by molar-refractivity contribution is 0.528. The van der Waals surface area contributed by atoms with Crippen LogP contribution in [0.5, 0.6) is 0 Å². The van der Waals surface area contributed by atoms with Gasteiger partial charge in [0.15, 0.2) is 0 Å². The zero-order valence-electron chi connectivity index (χ0n) is 29.9. The van der Waals surface area contributed by atoms with Gasteiger partial charge in [0.05, 0.1) is 0 Å². The van der Waals surface area contributed by atoms with Gasteiger partial charge in [-0.25, -0.2) is 0 Å². The molecule has 1 aromatic rings. The molecular weight excluding hydrogens is 518 g/mol. The Morgan fingerprint density at radius 1 is 0.349 bits per heavy atom. The van der Waals surface area contributed by atoms with Crippen molar-refractivity contribution in [2.45, 2.75) is 232 Å². The second-order valence-corrected chi connectivity index (χ2v) is 14.1. The SMILES string of the molecule is CCCCCCCCCCCCCCCCCCc1cccc(N)c1CCCCCCCCCCCCCCCCCC. The third kappa shape index (κ3) is 26.0. The summed E-state index contributed by atoms with van der Waals surface area (Å²) in [4.78, 5) is 0. The molecule has 1 aromatic carbocycles. The monoisotopic (exact) mass is 598 g/mol. The molecule has 43 heavy (non-hydrogen) atoms. The maximum Gasteiger partial charge on any atom is 0.0349 e. The van der Waals surface area contributed by atoms with Crippen LogP contribution in [0.4, 0.5) is 5.69 Å². The average molecular weight is 598 g/mol. The summed E-state index contributed by atoms with van der Waals surface area (Å²) in [6.45, 7) is 4.61. The first-order valence-electron chi connectivity index (χ1n) is 20.2. The van der Waals surface area contributed by atoms with Crippen molar-refractivity contribution < 1.29 is 0 Å². The summed E-state index contributed by atoms with van der Waals surface area (Å²) >= 11 is 0. The van der Waals surface area contributed by atoms with Gasteiger partial charge in [-0.2, -0.15) is 0 Å². The van der Waals surface area contributed by atoms with E-state index in [1.54, 1.807) is 0 Å². The molecule has 0 atom stereocenters. The maximum atomic E-state index is 6.45. The molecule has 0 amide bonds. The number of aryl methyl sites for hydroxylation is 1. The normalized spacial score (nSPS) is 11.5. The minimum Gasteiger partial charge on any atom is -0.398 e. The molecule has 1 heteroatoms. The van der Waals surface area contributed by atoms with Gasteiger partial charge in [-0.05, 0) is 42.9 Å². The lowest BCUT2D eigenvalue weighted by Crippen LogP contribution is -2.01. The summed E-state index contributed by atoms with van der Waals surface area (Å²) in [6.07, 6.45) is 48.3. The fraction of sp³-hybridized carbons (Fsp3) is 0.857. The molecule has 0 saturated heterocycles. The van der Waals surface area contributed by atoms with Crippen LogP contribution in [0, 0.1) is 0 Å². The predicted molar refractivity (Wildman–Crippen MR) is 197 cm³/mol. The van der Waals surface area contributed by atoms with Gasteiger partial charge in [-0.3, -0.25) is 0 Å². The highest BCUT2D eigenvalue weighted by molar-refractivity contribution is 5.51. The van der Waals surface area contributed by atoms with Crippen molar-refractivity contribution in [3.8, 4) is 0 Å². The highest BCUT2D eigenvalue weighted by atomic mass is 14.6. The first kappa shape index (κ1) is 40.0. The minimum absolute atomic E-state index is 1.04. The van der Waals surface area contributed by atoms with E-state index < -0.39 is 0 Å². The Kier molecular flexibility index (Phi) is 30.2. The maximum absolute atomic E-state index is 6.45. The molecule has 0 bridgehead atoms. The van der Waals surface area contributed by atoms with E-state index in [1.807, 2.05) is 0 Å². The molecule has 0 aliphatic rings. The van der Waals surface area contributed by atoms with Gasteiger partial charge in [0.25, 0.3) is 0 Å². The number of nitrogen functional groups attached to an aromatic ring is 1. The lowest BCUT2D eigenvalue weighted by Gasteiger charge is -2.13. The van der Waals surface area contributed by atoms with E-state index >= 15 is 0 Å². The number of hydrogen-bond donors (Lipinski definition) is 1. The van der Waals surface area contributed by atoms with Crippen molar-refractivity contribution in [1.82, 2.24) is 0 Å². The van der Waals surface area contributed by atoms with E-state index in [0.29, 0.717) is 0 Å². The average Bonchev–Trinajstić information content (AvgIpc) is 3.01. The van der Waals surface area contributed by atoms with Crippen LogP contribution >= 0.6 is 0 Å². The molecule has 0 aliphatic carbocycles. The van der Waals surface area contributed by atoms with Crippen LogP contribution in [0.15, 0.2) is 18.2 Å². The Balaban J connectivity index is 1.95. The fourth-order valence-electron chi connectivity index (χ4n) is 6.91. The van der Waals surface area contributed by atoms with Crippen molar-refractivity contribution in [2.75, 3.05) is 5.73 Å². The van der Waals surface area contributed by atoms with Gasteiger partial charge in [-0.1, -0.05) is 219 Å². The Bertz CT molecular complexity index is 679. The summed E-state index contributed by atoms with van der Waals surface area (Å²) in [5, 5.41) is 0. The number of rotatable bonds is 34. The fourth-order valence-corrected chi connectivity index (χ4v) is 6.91. The Morgan fingerprint density at radius 2 is 0.628 bits per heavy atom. The predicted octanol–water partition coefficient (Wildman–Crippen LogP) is 14.9. The molecule has 0 spiro atoms. The standard InChI is InChI=1S/C42H79N/c1-3-5-7-9-11-13-15-17-19-21-23-25-27-29-31-33-36-40-37-35-39-42(43)41(40)38-34-32-30-28-26-24-22-20-18-16-14-12-10-8-6-4-2/h35,37,39H,3-34,36,38,43H2,1-2H3. The lowest BCUT2D eigenvalue weighted by atomic mass is 9.95. The molecule has 0 heterocycles. The molecular formula is C42H79N. The van der Waals surface area contributed by atoms with Gasteiger partial charge in [0, 0.05) is 5.69 Å². The number of benzene rings is 1. The van der Waals surface area contributed by atoms with E-state index in [1.165, 1.54) is 229 Å². The minimum atomic E-state index is 1.04. The Morgan fingerprint density at radius 3 is 0.953 bits per heavy atom. The third-order valence-electron chi connectivity index (χ3n) is 9.89. The zero-order chi connectivity index (χ0) is 30.9. The van der Waals surface area contributed by atoms with Crippen LogP contribution in [-0.4, -0.2) is 0 Å². The first-order valence-corrected chi connectivity index (χ1v) is 20.2. The molecule has 0 aliphatic heterocycles. The molecule has 1 rings (SSSR count). The van der Waals surface area contributed by atoms with Crippen molar-refractivity contribution >= 4 is 5.69 Å². The highest BCUT2D eigenvalue weighted by Gasteiger charge is 2.06. The van der Waals surface area contributed by atoms with E-state index in [-0.39, 0.29) is 0 Å². The molecule has 0 radical (unpaired) electrons. The molecule has 0 saturated carbocycles. The quantitative estimate of drug-likeness (QED) is 0.0620. The third-order valence-corrected chi connectivity index (χ3v) is 9.89. The largest absolute Gasteiger partial charge is 0.398 e. The summed E-state index contributed by atoms with van der Waals surface area (Å²) in [5.74, 6) is 0. The number of unbranched alkanes of at least 4 members (excludes halogenated alkanes) is 30. The van der Waals surface area contributed by atoms with E-state index in [2.05, 4.69) is 32.0 Å². The van der Waals surface area contributed by atoms with Gasteiger partial charge in [0.1, 0.15) is 0 Å². The van der Waals surface area contributed by atoms with E-state index in [4.69, 9.17) is 5.73 Å². The van der Waals surface area contributed by atoms with Gasteiger partial charge in [-0.15, -0.1) is 0 Å². The van der Waals surface area contributed by atoms with Crippen molar-refractivity contribution in [1.29, 1.82) is 0 Å². The van der Waals surface area contributed by atoms with Crippen molar-refractivity contribution in [3.63, 3.8) is 0 Å². The first-order chi connectivity index (χ1) is 21.3. The van der Waals surface area contributed by atoms with Crippen LogP contribution < -0.4 is 5.73 Å². The zero-order valence-corrected chi connectivity index (χ0v) is 29.9. The van der Waals surface area contributed by atoms with Crippen LogP contribution in [-0.2, 0) is 12.8 Å². The van der Waals surface area contributed by atoms with Crippen molar-refractivity contribution in [2.24, 2.45) is 0 Å². The summed E-state index contributed by atoms with van der Waals surface area (Å²) in [5.41, 5.74) is 10.5. The van der Waals surface area contributed by atoms with Gasteiger partial charge >= 0.3 is 0 Å². The molecule has 1 nitrogen and oxygen atoms in total. The topological polar surface area (TPSA) is 26.0 Å². The molecule has 252 valence electrons. The molecule has 0 unspecified atom stereocenters. The van der Waals surface area contributed by atoms with Gasteiger partial charge in [0.2, 0.25) is 0 Å². The summed E-state index contributed by atoms with van der Waals surface area (Å²) < 4.78 is 0. The number of nitrogens with two attached hydrogens (primary N) is 1. The van der Waals surface area contributed by atoms with E-state index in [9.17, 15) is 0 Å². The van der Waals surface area contributed by atoms with Gasteiger partial charge < -0.3 is 5.73 Å². The van der Waals surface area contributed by atoms with Crippen LogP contribution in [0.1, 0.15) is 230 Å². The highest BCUT2D eigenvalue weighted by Crippen LogP contribution is 2.23. The molecule has 0 aromatic heterocycles. The Hall–Kier alpha value is -0.980. The van der Waals surface area contributed by atoms with Crippen LogP contribution in [0.3, 0.4) is 0 Å². The number of anilines is 1. The summed E-state index contributed by atoms with van der Waals surface area (Å²) in [7, 11) is 0. The number of hydrogen-bond acceptors (Lipinski definition) is 1. The Labute approximate surface area is 272 Å². The van der Waals surface area contributed by atoms with E-state index in [0.717, 1.165) is 5.69 Å². The second-order valence-electron chi connectivity index (χ2n) is 14.1. The summed E-state index contributed by atoms with van der Waals surface area (Å²) in [6, 6.07) is 6.65. The smallest absolute Gasteiger partial charge is 0.0349 e. The second kappa shape index (κ2) is 32.4. The van der Waals surface area contributed by atoms with Crippen LogP contribution in [0.25, 0.3) is 0 Å². The van der Waals surface area contributed by atoms with Crippen LogP contribution in [0.2, 0.25) is 0 Å². The molecule has 2 N–H and O–H groups in total. The molecule has 0 fully saturated rings. The van der Waals surface area contributed by atoms with Crippen molar-refractivity contribution in [3.05, 3.63) is 29.3 Å².